The molecule has 24 heavy (non-hydrogen) atoms. The molecule has 0 unspecified atom stereocenters. The van der Waals surface area contributed by atoms with Crippen molar-refractivity contribution >= 4 is 45.0 Å². The van der Waals surface area contributed by atoms with Crippen molar-refractivity contribution in [2.24, 2.45) is 5.73 Å². The van der Waals surface area contributed by atoms with E-state index in [0.717, 1.165) is 15.3 Å². The Labute approximate surface area is 155 Å². The molecule has 0 fully saturated rings. The highest BCUT2D eigenvalue weighted by Crippen LogP contribution is 2.22. The number of thioether (sulfide) groups is 1. The van der Waals surface area contributed by atoms with E-state index in [2.05, 4.69) is 25.9 Å². The number of nitrogens with zero attached hydrogens (tertiary/aromatic N) is 3. The summed E-state index contributed by atoms with van der Waals surface area (Å²) in [5.74, 6) is -1.09. The van der Waals surface area contributed by atoms with Crippen molar-refractivity contribution in [3.63, 3.8) is 0 Å². The summed E-state index contributed by atoms with van der Waals surface area (Å²) in [6, 6.07) is -0.233. The van der Waals surface area contributed by atoms with Crippen LogP contribution in [0.1, 0.15) is 28.9 Å². The summed E-state index contributed by atoms with van der Waals surface area (Å²) >= 11 is 6.02. The van der Waals surface area contributed by atoms with Crippen LogP contribution in [0, 0.1) is 6.92 Å². The number of hydrogen-bond donors (Lipinski definition) is 2. The van der Waals surface area contributed by atoms with Crippen LogP contribution in [0.2, 0.25) is 0 Å². The summed E-state index contributed by atoms with van der Waals surface area (Å²) < 4.78 is 1.42. The summed E-state index contributed by atoms with van der Waals surface area (Å²) in [4.78, 5) is 32.1. The van der Waals surface area contributed by atoms with Gasteiger partial charge in [0.2, 0.25) is 0 Å². The number of aliphatic carboxylic acids is 1. The lowest BCUT2D eigenvalue weighted by Crippen LogP contribution is -2.28. The first-order chi connectivity index (χ1) is 11.3. The Kier molecular flexibility index (Phi) is 6.55. The fourth-order valence-electron chi connectivity index (χ4n) is 2.14. The smallest absolute Gasteiger partial charge is 0.323 e. The van der Waals surface area contributed by atoms with Gasteiger partial charge in [-0.25, -0.2) is 9.97 Å². The van der Waals surface area contributed by atoms with Crippen LogP contribution in [0.4, 0.5) is 0 Å². The summed E-state index contributed by atoms with van der Waals surface area (Å²) in [6.45, 7) is 1.50. The molecular weight excluding hydrogens is 416 g/mol. The summed E-state index contributed by atoms with van der Waals surface area (Å²) in [6.07, 6.45) is 2.83. The van der Waals surface area contributed by atoms with Crippen LogP contribution in [-0.2, 0) is 17.8 Å². The molecule has 0 aliphatic carbocycles. The third-order valence-electron chi connectivity index (χ3n) is 3.33. The zero-order valence-electron chi connectivity index (χ0n) is 13.2. The Bertz CT molecular complexity index is 806. The van der Waals surface area contributed by atoms with E-state index >= 15 is 0 Å². The van der Waals surface area contributed by atoms with Crippen LogP contribution in [-0.4, -0.2) is 31.9 Å². The van der Waals surface area contributed by atoms with Crippen molar-refractivity contribution in [2.45, 2.75) is 37.5 Å². The number of aryl methyl sites for hydroxylation is 2. The van der Waals surface area contributed by atoms with Crippen molar-refractivity contribution in [1.29, 1.82) is 0 Å². The number of carboxylic acids is 1. The van der Waals surface area contributed by atoms with Crippen molar-refractivity contribution in [3.05, 3.63) is 36.6 Å². The maximum atomic E-state index is 12.4. The number of rotatable bonds is 7. The van der Waals surface area contributed by atoms with Crippen LogP contribution in [0.15, 0.2) is 19.8 Å². The second-order valence-electron chi connectivity index (χ2n) is 5.08. The average molecular weight is 433 g/mol. The quantitative estimate of drug-likeness (QED) is 0.509. The Hall–Kier alpha value is -1.23. The van der Waals surface area contributed by atoms with Gasteiger partial charge in [-0.1, -0.05) is 11.8 Å². The molecule has 0 saturated heterocycles. The van der Waals surface area contributed by atoms with Gasteiger partial charge < -0.3 is 10.8 Å². The van der Waals surface area contributed by atoms with Gasteiger partial charge in [-0.2, -0.15) is 0 Å². The minimum Gasteiger partial charge on any atom is -0.480 e. The molecule has 0 aliphatic rings. The van der Waals surface area contributed by atoms with Crippen molar-refractivity contribution in [2.75, 3.05) is 6.26 Å². The van der Waals surface area contributed by atoms with E-state index in [1.54, 1.807) is 17.6 Å². The van der Waals surface area contributed by atoms with Gasteiger partial charge in [-0.3, -0.25) is 14.2 Å². The molecule has 2 rings (SSSR count). The molecule has 130 valence electrons. The number of aromatic nitrogens is 3. The van der Waals surface area contributed by atoms with Gasteiger partial charge in [0.15, 0.2) is 5.16 Å². The van der Waals surface area contributed by atoms with E-state index < -0.39 is 18.1 Å². The lowest BCUT2D eigenvalue weighted by Gasteiger charge is -2.13. The van der Waals surface area contributed by atoms with Crippen LogP contribution in [0.5, 0.6) is 0 Å². The number of halogens is 1. The Morgan fingerprint density at radius 1 is 1.54 bits per heavy atom. The number of carboxylic acid groups (broad SMARTS) is 1. The molecule has 2 aromatic rings. The first-order valence-corrected chi connectivity index (χ1v) is 9.95. The molecule has 0 spiro atoms. The molecule has 7 nitrogen and oxygen atoms in total. The van der Waals surface area contributed by atoms with Crippen molar-refractivity contribution in [3.8, 4) is 0 Å². The van der Waals surface area contributed by atoms with Gasteiger partial charge in [0, 0.05) is 11.4 Å². The SMILES string of the molecule is CSc1nc(CC[C@H](N)c2csc(C)n2)c(Br)c(=O)n1CC(=O)O. The molecule has 0 bridgehead atoms. The maximum Gasteiger partial charge on any atom is 0.323 e. The van der Waals surface area contributed by atoms with Crippen molar-refractivity contribution < 1.29 is 9.90 Å². The second-order valence-corrected chi connectivity index (χ2v) is 7.71. The third-order valence-corrected chi connectivity index (χ3v) is 5.60. The van der Waals surface area contributed by atoms with E-state index in [0.29, 0.717) is 23.7 Å². The molecule has 0 amide bonds. The fourth-order valence-corrected chi connectivity index (χ4v) is 3.89. The first kappa shape index (κ1) is 19.1. The zero-order valence-corrected chi connectivity index (χ0v) is 16.4. The Morgan fingerprint density at radius 3 is 2.79 bits per heavy atom. The normalized spacial score (nSPS) is 12.3. The van der Waals surface area contributed by atoms with E-state index in [4.69, 9.17) is 10.8 Å². The first-order valence-electron chi connectivity index (χ1n) is 7.06. The Morgan fingerprint density at radius 2 is 2.25 bits per heavy atom. The number of hydrogen-bond acceptors (Lipinski definition) is 7. The summed E-state index contributed by atoms with van der Waals surface area (Å²) in [7, 11) is 0. The van der Waals surface area contributed by atoms with E-state index in [1.807, 2.05) is 12.3 Å². The maximum absolute atomic E-state index is 12.4. The highest BCUT2D eigenvalue weighted by Gasteiger charge is 2.18. The molecule has 0 saturated carbocycles. The number of nitrogens with two attached hydrogens (primary N) is 1. The van der Waals surface area contributed by atoms with Gasteiger partial charge in [0.25, 0.3) is 5.56 Å². The van der Waals surface area contributed by atoms with Crippen LogP contribution in [0.3, 0.4) is 0 Å². The standard InChI is InChI=1S/C14H17BrN4O3S2/c1-7-17-10(6-24-7)8(16)3-4-9-12(15)13(22)19(5-11(20)21)14(18-9)23-2/h6,8H,3-5,16H2,1-2H3,(H,20,21)/t8-/m0/s1. The second kappa shape index (κ2) is 8.24. The predicted molar refractivity (Wildman–Crippen MR) is 97.7 cm³/mol. The van der Waals surface area contributed by atoms with Crippen molar-refractivity contribution in [1.82, 2.24) is 14.5 Å². The van der Waals surface area contributed by atoms with Gasteiger partial charge in [0.05, 0.1) is 16.4 Å². The molecule has 3 N–H and O–H groups in total. The van der Waals surface area contributed by atoms with Crippen LogP contribution in [0.25, 0.3) is 0 Å². The van der Waals surface area contributed by atoms with E-state index in [1.165, 1.54) is 11.8 Å². The molecule has 1 atom stereocenters. The lowest BCUT2D eigenvalue weighted by atomic mass is 10.1. The highest BCUT2D eigenvalue weighted by atomic mass is 79.9. The molecule has 0 aromatic carbocycles. The van der Waals surface area contributed by atoms with E-state index in [-0.39, 0.29) is 10.5 Å². The summed E-state index contributed by atoms with van der Waals surface area (Å²) in [5, 5.41) is 12.2. The molecule has 0 aliphatic heterocycles. The molecular formula is C14H17BrN4O3S2. The minimum absolute atomic E-state index is 0.233. The third kappa shape index (κ3) is 4.44. The topological polar surface area (TPSA) is 111 Å². The highest BCUT2D eigenvalue weighted by molar-refractivity contribution is 9.10. The molecule has 2 heterocycles. The lowest BCUT2D eigenvalue weighted by molar-refractivity contribution is -0.137. The van der Waals surface area contributed by atoms with Gasteiger partial charge in [-0.05, 0) is 42.0 Å². The van der Waals surface area contributed by atoms with E-state index in [9.17, 15) is 9.59 Å². The molecule has 10 heteroatoms. The van der Waals surface area contributed by atoms with Crippen LogP contribution < -0.4 is 11.3 Å². The van der Waals surface area contributed by atoms with Gasteiger partial charge in [-0.15, -0.1) is 11.3 Å². The predicted octanol–water partition coefficient (Wildman–Crippen LogP) is 2.21. The largest absolute Gasteiger partial charge is 0.480 e. The zero-order chi connectivity index (χ0) is 17.9. The fraction of sp³-hybridized carbons (Fsp3) is 0.429. The van der Waals surface area contributed by atoms with Crippen LogP contribution >= 0.6 is 39.0 Å². The molecule has 0 radical (unpaired) electrons. The van der Waals surface area contributed by atoms with Gasteiger partial charge in [0.1, 0.15) is 11.0 Å². The minimum atomic E-state index is -1.09. The number of thiazole rings is 1. The summed E-state index contributed by atoms with van der Waals surface area (Å²) in [5.41, 5.74) is 7.16. The number of carbonyl (C=O) groups is 1. The Balaban J connectivity index is 2.23. The molecule has 2 aromatic heterocycles. The van der Waals surface area contributed by atoms with Gasteiger partial charge >= 0.3 is 5.97 Å². The monoisotopic (exact) mass is 432 g/mol. The average Bonchev–Trinajstić information content (AvgIpc) is 2.97.